The molecule has 6 aromatic carbocycles. The molecule has 0 aromatic heterocycles. The molecule has 0 saturated heterocycles. The second-order valence-electron chi connectivity index (χ2n) is 9.80. The molecular weight excluding hydrogens is 932 g/mol. The fraction of sp³-hybridized carbons (Fsp3) is 0.143. The summed E-state index contributed by atoms with van der Waals surface area (Å²) < 4.78 is 0. The maximum atomic E-state index is 2.99. The Labute approximate surface area is 327 Å². The molecule has 0 unspecified atom stereocenters. The van der Waals surface area contributed by atoms with Gasteiger partial charge in [0.1, 0.15) is 0 Å². The molecule has 0 nitrogen and oxygen atoms in total. The Kier molecular flexibility index (Phi) is 28.0. The number of benzene rings is 4. The molecule has 0 aliphatic heterocycles. The molecule has 0 amide bonds. The standard InChI is InChI=1S/2C13H9.2C5H5.2C3H7.2ClH.2Hf/c2*1-3-7-12-10(5-1)9-11-6-2-4-8-13(11)12;2*1-2-4-5-3-1;2*1-3-2;;;;/h2*1-9H;2*1-3H,4H2;2*3H,1-2H3;2*1H;;/q6*-1;;;2*+4/p-2. The van der Waals surface area contributed by atoms with Crippen LogP contribution in [0.25, 0.3) is 43.1 Å². The molecule has 0 atom stereocenters. The molecule has 0 spiro atoms. The van der Waals surface area contributed by atoms with Crippen LogP contribution in [-0.4, -0.2) is 0 Å². The third-order valence-electron chi connectivity index (χ3n) is 6.22. The first-order chi connectivity index (χ1) is 20.7. The van der Waals surface area contributed by atoms with Crippen LogP contribution >= 0.6 is 0 Å². The van der Waals surface area contributed by atoms with E-state index in [1.807, 2.05) is 64.8 Å². The zero-order chi connectivity index (χ0) is 29.8. The molecule has 6 aromatic rings. The summed E-state index contributed by atoms with van der Waals surface area (Å²) in [6.07, 6.45) is 24.0. The second kappa shape index (κ2) is 28.0. The van der Waals surface area contributed by atoms with Crippen LogP contribution in [0.4, 0.5) is 0 Å². The van der Waals surface area contributed by atoms with E-state index in [4.69, 9.17) is 0 Å². The molecule has 46 heavy (non-hydrogen) atoms. The number of halogens is 2. The first-order valence-corrected chi connectivity index (χ1v) is 14.7. The molecule has 232 valence electrons. The molecule has 0 heterocycles. The second-order valence-corrected chi connectivity index (χ2v) is 9.80. The van der Waals surface area contributed by atoms with Crippen LogP contribution in [0.1, 0.15) is 40.5 Å². The SMILES string of the molecule is C[CH-]C.C[CH-]C.[C-]1=CC=CC1.[C-]1=CC=CC1.[Cl-].[Cl-].[Hf+4].[Hf+4].c1ccc2c(c1)[cH-]c1ccccc12.c1ccc2c(c1)[cH-]c1ccccc12. The van der Waals surface area contributed by atoms with E-state index >= 15 is 0 Å². The minimum absolute atomic E-state index is 0. The van der Waals surface area contributed by atoms with Crippen molar-refractivity contribution in [3.05, 3.63) is 171 Å². The van der Waals surface area contributed by atoms with Gasteiger partial charge in [0.25, 0.3) is 0 Å². The maximum Gasteiger partial charge on any atom is 4.00 e. The fourth-order valence-electron chi connectivity index (χ4n) is 4.49. The first kappa shape index (κ1) is 46.0. The van der Waals surface area contributed by atoms with Gasteiger partial charge < -0.3 is 37.7 Å². The summed E-state index contributed by atoms with van der Waals surface area (Å²) in [5.74, 6) is 0. The van der Waals surface area contributed by atoms with Crippen molar-refractivity contribution >= 4 is 43.1 Å². The zero-order valence-corrected chi connectivity index (χ0v) is 35.9. The van der Waals surface area contributed by atoms with Crippen molar-refractivity contribution in [2.45, 2.75) is 40.5 Å². The van der Waals surface area contributed by atoms with Crippen LogP contribution in [0.2, 0.25) is 0 Å². The van der Waals surface area contributed by atoms with E-state index in [2.05, 4.69) is 133 Å². The van der Waals surface area contributed by atoms with Gasteiger partial charge in [0.2, 0.25) is 0 Å². The summed E-state index contributed by atoms with van der Waals surface area (Å²) in [6, 6.07) is 38.5. The van der Waals surface area contributed by atoms with Gasteiger partial charge in [-0.05, 0) is 0 Å². The van der Waals surface area contributed by atoms with Crippen LogP contribution in [0, 0.1) is 25.0 Å². The van der Waals surface area contributed by atoms with E-state index in [0.29, 0.717) is 0 Å². The smallest absolute Gasteiger partial charge is 1.00 e. The zero-order valence-electron chi connectivity index (χ0n) is 27.2. The number of allylic oxidation sites excluding steroid dienone is 8. The van der Waals surface area contributed by atoms with Crippen molar-refractivity contribution in [2.75, 3.05) is 0 Å². The molecule has 4 heteroatoms. The van der Waals surface area contributed by atoms with Crippen LogP contribution < -0.4 is 24.8 Å². The Morgan fingerprint density at radius 1 is 0.457 bits per heavy atom. The minimum atomic E-state index is 0. The Morgan fingerprint density at radius 3 is 0.870 bits per heavy atom. The molecular formula is C42H42Cl2Hf2. The quantitative estimate of drug-likeness (QED) is 0.121. The van der Waals surface area contributed by atoms with Crippen LogP contribution in [0.3, 0.4) is 0 Å². The Morgan fingerprint density at radius 2 is 0.696 bits per heavy atom. The van der Waals surface area contributed by atoms with Gasteiger partial charge in [0.15, 0.2) is 0 Å². The molecule has 2 aliphatic rings. The minimum Gasteiger partial charge on any atom is -1.00 e. The van der Waals surface area contributed by atoms with Gasteiger partial charge in [-0.3, -0.25) is 12.2 Å². The summed E-state index contributed by atoms with van der Waals surface area (Å²) in [7, 11) is 0. The van der Waals surface area contributed by atoms with Gasteiger partial charge in [-0.25, -0.2) is 24.3 Å². The van der Waals surface area contributed by atoms with Gasteiger partial charge in [-0.2, -0.15) is 39.8 Å². The average molecular weight is 975 g/mol. The summed E-state index contributed by atoms with van der Waals surface area (Å²) in [4.78, 5) is 0. The van der Waals surface area contributed by atoms with Crippen LogP contribution in [0.5, 0.6) is 0 Å². The number of fused-ring (bicyclic) bond motifs is 6. The van der Waals surface area contributed by atoms with Gasteiger partial charge in [0.05, 0.1) is 0 Å². The Balaban J connectivity index is 0. The Bertz CT molecular complexity index is 1480. The molecule has 0 N–H and O–H groups in total. The fourth-order valence-corrected chi connectivity index (χ4v) is 4.49. The van der Waals surface area contributed by atoms with E-state index in [-0.39, 0.29) is 76.5 Å². The molecule has 0 bridgehead atoms. The van der Waals surface area contributed by atoms with Gasteiger partial charge >= 0.3 is 51.7 Å². The molecule has 8 rings (SSSR count). The summed E-state index contributed by atoms with van der Waals surface area (Å²) in [5.41, 5.74) is 0. The van der Waals surface area contributed by atoms with Gasteiger partial charge in [-0.15, -0.1) is 92.3 Å². The van der Waals surface area contributed by atoms with Crippen molar-refractivity contribution in [1.82, 2.24) is 0 Å². The monoisotopic (exact) mass is 976 g/mol. The van der Waals surface area contributed by atoms with Gasteiger partial charge in [-0.1, -0.05) is 72.8 Å². The summed E-state index contributed by atoms with van der Waals surface area (Å²) in [5, 5.41) is 10.8. The topological polar surface area (TPSA) is 0 Å². The summed E-state index contributed by atoms with van der Waals surface area (Å²) >= 11 is 0. The van der Waals surface area contributed by atoms with E-state index in [1.165, 1.54) is 43.1 Å². The number of rotatable bonds is 0. The molecule has 0 radical (unpaired) electrons. The average Bonchev–Trinajstić information content (AvgIpc) is 3.86. The molecule has 0 fully saturated rings. The van der Waals surface area contributed by atoms with Crippen molar-refractivity contribution in [3.8, 4) is 0 Å². The van der Waals surface area contributed by atoms with E-state index in [0.717, 1.165) is 12.8 Å². The van der Waals surface area contributed by atoms with Crippen molar-refractivity contribution in [1.29, 1.82) is 0 Å². The number of hydrogen-bond acceptors (Lipinski definition) is 0. The molecule has 2 aliphatic carbocycles. The van der Waals surface area contributed by atoms with Crippen LogP contribution in [0.15, 0.2) is 146 Å². The summed E-state index contributed by atoms with van der Waals surface area (Å²) in [6.45, 7) is 8.00. The van der Waals surface area contributed by atoms with Gasteiger partial charge in [0, 0.05) is 0 Å². The van der Waals surface area contributed by atoms with Crippen molar-refractivity contribution < 1.29 is 76.5 Å². The first-order valence-electron chi connectivity index (χ1n) is 14.7. The maximum absolute atomic E-state index is 2.99. The van der Waals surface area contributed by atoms with E-state index in [9.17, 15) is 0 Å². The van der Waals surface area contributed by atoms with Crippen molar-refractivity contribution in [2.24, 2.45) is 0 Å². The third-order valence-corrected chi connectivity index (χ3v) is 6.22. The molecule has 0 saturated carbocycles. The largest absolute Gasteiger partial charge is 4.00 e. The number of hydrogen-bond donors (Lipinski definition) is 0. The predicted molar refractivity (Wildman–Crippen MR) is 189 cm³/mol. The Hall–Kier alpha value is -2.10. The normalized spacial score (nSPS) is 10.9. The van der Waals surface area contributed by atoms with Crippen molar-refractivity contribution in [3.63, 3.8) is 0 Å². The van der Waals surface area contributed by atoms with E-state index in [1.54, 1.807) is 0 Å². The van der Waals surface area contributed by atoms with E-state index < -0.39 is 0 Å². The third kappa shape index (κ3) is 15.2. The van der Waals surface area contributed by atoms with Crippen LogP contribution in [-0.2, 0) is 51.7 Å². The predicted octanol–water partition coefficient (Wildman–Crippen LogP) is 6.50.